The van der Waals surface area contributed by atoms with Crippen LogP contribution in [0.3, 0.4) is 0 Å². The van der Waals surface area contributed by atoms with Gasteiger partial charge in [-0.1, -0.05) is 105 Å². The maximum atomic E-state index is 6.49. The first-order chi connectivity index (χ1) is 19.6. The Kier molecular flexibility index (Phi) is 4.86. The predicted octanol–water partition coefficient (Wildman–Crippen LogP) is 9.70. The Morgan fingerprint density at radius 1 is 0.575 bits per heavy atom. The summed E-state index contributed by atoms with van der Waals surface area (Å²) in [6, 6.07) is 40.5. The van der Waals surface area contributed by atoms with Crippen molar-refractivity contribution >= 4 is 32.6 Å². The molecule has 1 aliphatic rings. The fourth-order valence-electron chi connectivity index (χ4n) is 6.45. The summed E-state index contributed by atoms with van der Waals surface area (Å²) in [5, 5.41) is 4.53. The van der Waals surface area contributed by atoms with E-state index in [1.807, 2.05) is 18.3 Å². The number of benzene rings is 5. The standard InChI is InChI=1S/C37H26N2O/c1-37(2)29-13-5-6-14-31(29)40-32-15-7-12-28(34(32)37)27-20-18-23-9-3-4-11-26(23)33(27)30-21-19-25-17-16-24-10-8-22-38-35(24)36(25)39-30/h3-22H,1-2H3. The van der Waals surface area contributed by atoms with Gasteiger partial charge in [-0.25, -0.2) is 4.98 Å². The minimum Gasteiger partial charge on any atom is -0.457 e. The average Bonchev–Trinajstić information content (AvgIpc) is 3.00. The van der Waals surface area contributed by atoms with Crippen LogP contribution in [0.5, 0.6) is 11.5 Å². The van der Waals surface area contributed by atoms with Crippen molar-refractivity contribution in [3.63, 3.8) is 0 Å². The highest BCUT2D eigenvalue weighted by Gasteiger charge is 2.36. The number of rotatable bonds is 2. The zero-order valence-electron chi connectivity index (χ0n) is 22.3. The van der Waals surface area contributed by atoms with Crippen LogP contribution in [0.1, 0.15) is 25.0 Å². The number of para-hydroxylation sites is 1. The first-order valence-corrected chi connectivity index (χ1v) is 13.7. The molecule has 0 atom stereocenters. The number of hydrogen-bond acceptors (Lipinski definition) is 3. The van der Waals surface area contributed by atoms with Crippen molar-refractivity contribution in [3.8, 4) is 33.9 Å². The van der Waals surface area contributed by atoms with Crippen molar-refractivity contribution in [3.05, 3.63) is 133 Å². The van der Waals surface area contributed by atoms with Crippen LogP contribution in [0.4, 0.5) is 0 Å². The van der Waals surface area contributed by atoms with Crippen molar-refractivity contribution in [2.45, 2.75) is 19.3 Å². The highest BCUT2D eigenvalue weighted by molar-refractivity contribution is 6.07. The number of hydrogen-bond donors (Lipinski definition) is 0. The van der Waals surface area contributed by atoms with Gasteiger partial charge in [0.05, 0.1) is 16.7 Å². The second-order valence-electron chi connectivity index (χ2n) is 11.0. The molecule has 0 bridgehead atoms. The van der Waals surface area contributed by atoms with Gasteiger partial charge in [0.1, 0.15) is 11.5 Å². The van der Waals surface area contributed by atoms with Gasteiger partial charge in [-0.3, -0.25) is 4.98 Å². The lowest BCUT2D eigenvalue weighted by Gasteiger charge is -2.36. The summed E-state index contributed by atoms with van der Waals surface area (Å²) in [5.74, 6) is 1.83. The van der Waals surface area contributed by atoms with Gasteiger partial charge in [0, 0.05) is 39.1 Å². The molecule has 0 amide bonds. The van der Waals surface area contributed by atoms with Crippen molar-refractivity contribution in [2.75, 3.05) is 0 Å². The zero-order chi connectivity index (χ0) is 26.8. The highest BCUT2D eigenvalue weighted by Crippen LogP contribution is 2.52. The average molecular weight is 515 g/mol. The van der Waals surface area contributed by atoms with Gasteiger partial charge in [0.15, 0.2) is 0 Å². The first-order valence-electron chi connectivity index (χ1n) is 13.7. The SMILES string of the molecule is CC1(C)c2ccccc2Oc2cccc(-c3ccc4ccccc4c3-c3ccc4ccc5cccnc5c4n3)c21. The van der Waals surface area contributed by atoms with Crippen LogP contribution >= 0.6 is 0 Å². The van der Waals surface area contributed by atoms with Gasteiger partial charge >= 0.3 is 0 Å². The minimum absolute atomic E-state index is 0.249. The molecule has 0 unspecified atom stereocenters. The van der Waals surface area contributed by atoms with Gasteiger partial charge in [-0.05, 0) is 46.2 Å². The zero-order valence-corrected chi connectivity index (χ0v) is 22.3. The minimum atomic E-state index is -0.249. The molecular formula is C37H26N2O. The summed E-state index contributed by atoms with van der Waals surface area (Å²) >= 11 is 0. The van der Waals surface area contributed by atoms with Crippen LogP contribution in [-0.4, -0.2) is 9.97 Å². The van der Waals surface area contributed by atoms with Crippen LogP contribution in [0.15, 0.2) is 121 Å². The second kappa shape index (κ2) is 8.49. The fourth-order valence-corrected chi connectivity index (χ4v) is 6.45. The number of fused-ring (bicyclic) bond motifs is 6. The fraction of sp³-hybridized carbons (Fsp3) is 0.0811. The molecule has 0 fully saturated rings. The van der Waals surface area contributed by atoms with Crippen LogP contribution < -0.4 is 4.74 Å². The molecule has 2 aromatic heterocycles. The van der Waals surface area contributed by atoms with Crippen molar-refractivity contribution < 1.29 is 4.74 Å². The summed E-state index contributed by atoms with van der Waals surface area (Å²) in [4.78, 5) is 10.0. The normalized spacial score (nSPS) is 13.7. The Balaban J connectivity index is 1.45. The molecule has 40 heavy (non-hydrogen) atoms. The molecular weight excluding hydrogens is 488 g/mol. The van der Waals surface area contributed by atoms with E-state index in [0.29, 0.717) is 0 Å². The predicted molar refractivity (Wildman–Crippen MR) is 164 cm³/mol. The van der Waals surface area contributed by atoms with E-state index in [0.717, 1.165) is 55.7 Å². The highest BCUT2D eigenvalue weighted by atomic mass is 16.5. The molecule has 7 aromatic rings. The summed E-state index contributed by atoms with van der Waals surface area (Å²) in [6.07, 6.45) is 1.84. The lowest BCUT2D eigenvalue weighted by Crippen LogP contribution is -2.25. The van der Waals surface area contributed by atoms with Gasteiger partial charge < -0.3 is 4.74 Å². The molecule has 0 radical (unpaired) electrons. The number of nitrogens with zero attached hydrogens (tertiary/aromatic N) is 2. The quantitative estimate of drug-likeness (QED) is 0.215. The van der Waals surface area contributed by atoms with E-state index in [-0.39, 0.29) is 5.41 Å². The number of pyridine rings is 2. The van der Waals surface area contributed by atoms with E-state index in [1.54, 1.807) is 0 Å². The topological polar surface area (TPSA) is 35.0 Å². The van der Waals surface area contributed by atoms with E-state index in [4.69, 9.17) is 14.7 Å². The molecule has 0 saturated heterocycles. The summed E-state index contributed by atoms with van der Waals surface area (Å²) in [5.41, 5.74) is 8.34. The Morgan fingerprint density at radius 2 is 1.30 bits per heavy atom. The Bertz CT molecular complexity index is 2130. The molecule has 0 aliphatic carbocycles. The second-order valence-corrected chi connectivity index (χ2v) is 11.0. The lowest BCUT2D eigenvalue weighted by atomic mass is 9.72. The van der Waals surface area contributed by atoms with E-state index < -0.39 is 0 Å². The van der Waals surface area contributed by atoms with E-state index >= 15 is 0 Å². The summed E-state index contributed by atoms with van der Waals surface area (Å²) in [6.45, 7) is 4.59. The van der Waals surface area contributed by atoms with Crippen molar-refractivity contribution in [1.29, 1.82) is 0 Å². The number of aromatic nitrogens is 2. The van der Waals surface area contributed by atoms with Crippen molar-refractivity contribution in [1.82, 2.24) is 9.97 Å². The third-order valence-corrected chi connectivity index (χ3v) is 8.34. The summed E-state index contributed by atoms with van der Waals surface area (Å²) < 4.78 is 6.49. The van der Waals surface area contributed by atoms with Gasteiger partial charge in [0.25, 0.3) is 0 Å². The monoisotopic (exact) mass is 514 g/mol. The van der Waals surface area contributed by atoms with Gasteiger partial charge in [-0.2, -0.15) is 0 Å². The van der Waals surface area contributed by atoms with Crippen LogP contribution in [-0.2, 0) is 5.41 Å². The lowest BCUT2D eigenvalue weighted by molar-refractivity contribution is 0.419. The van der Waals surface area contributed by atoms with Gasteiger partial charge in [0.2, 0.25) is 0 Å². The molecule has 0 N–H and O–H groups in total. The first kappa shape index (κ1) is 22.9. The third kappa shape index (κ3) is 3.31. The Morgan fingerprint density at radius 3 is 2.23 bits per heavy atom. The van der Waals surface area contributed by atoms with Crippen LogP contribution in [0, 0.1) is 0 Å². The van der Waals surface area contributed by atoms with Gasteiger partial charge in [-0.15, -0.1) is 0 Å². The maximum absolute atomic E-state index is 6.49. The molecule has 0 spiro atoms. The molecule has 0 saturated carbocycles. The van der Waals surface area contributed by atoms with Crippen LogP contribution in [0.25, 0.3) is 55.0 Å². The molecule has 190 valence electrons. The molecule has 3 heterocycles. The molecule has 3 heteroatoms. The molecule has 8 rings (SSSR count). The molecule has 3 nitrogen and oxygen atoms in total. The smallest absolute Gasteiger partial charge is 0.132 e. The maximum Gasteiger partial charge on any atom is 0.132 e. The number of ether oxygens (including phenoxy) is 1. The van der Waals surface area contributed by atoms with Crippen molar-refractivity contribution in [2.24, 2.45) is 0 Å². The Hall–Kier alpha value is -5.02. The van der Waals surface area contributed by atoms with E-state index in [2.05, 4.69) is 117 Å². The largest absolute Gasteiger partial charge is 0.457 e. The molecule has 1 aliphatic heterocycles. The van der Waals surface area contributed by atoms with Crippen LogP contribution in [0.2, 0.25) is 0 Å². The summed E-state index contributed by atoms with van der Waals surface area (Å²) in [7, 11) is 0. The molecule has 5 aromatic carbocycles. The van der Waals surface area contributed by atoms with E-state index in [1.165, 1.54) is 21.9 Å². The Labute approximate surface area is 232 Å². The third-order valence-electron chi connectivity index (χ3n) is 8.34. The van der Waals surface area contributed by atoms with E-state index in [9.17, 15) is 0 Å².